The van der Waals surface area contributed by atoms with E-state index in [-0.39, 0.29) is 6.10 Å². The van der Waals surface area contributed by atoms with Gasteiger partial charge >= 0.3 is 0 Å². The molecule has 1 aliphatic heterocycles. The molecule has 6 nitrogen and oxygen atoms in total. The summed E-state index contributed by atoms with van der Waals surface area (Å²) in [6, 6.07) is 14.7. The van der Waals surface area contributed by atoms with E-state index in [1.54, 1.807) is 0 Å². The third kappa shape index (κ3) is 6.09. The molecule has 34 heavy (non-hydrogen) atoms. The minimum Gasteiger partial charge on any atom is -0.456 e. The van der Waals surface area contributed by atoms with Crippen LogP contribution < -0.4 is 4.74 Å². The number of rotatable bonds is 10. The van der Waals surface area contributed by atoms with Crippen LogP contribution in [0.2, 0.25) is 30.7 Å². The van der Waals surface area contributed by atoms with Crippen LogP contribution in [0.25, 0.3) is 22.5 Å². The van der Waals surface area contributed by atoms with Crippen molar-refractivity contribution >= 4 is 19.7 Å². The first-order chi connectivity index (χ1) is 16.2. The average molecular weight is 500 g/mol. The van der Waals surface area contributed by atoms with Crippen molar-refractivity contribution in [2.45, 2.75) is 31.8 Å². The number of ether oxygens (including phenoxy) is 3. The van der Waals surface area contributed by atoms with Crippen LogP contribution in [0.1, 0.15) is 11.9 Å². The Morgan fingerprint density at radius 1 is 1.06 bits per heavy atom. The van der Waals surface area contributed by atoms with E-state index < -0.39 is 8.07 Å². The average Bonchev–Trinajstić information content (AvgIpc) is 3.16. The van der Waals surface area contributed by atoms with Crippen LogP contribution in [0.3, 0.4) is 0 Å². The molecule has 1 atom stereocenters. The molecule has 4 rings (SSSR count). The van der Waals surface area contributed by atoms with Crippen molar-refractivity contribution in [3.05, 3.63) is 53.3 Å². The number of hydrogen-bond acceptors (Lipinski definition) is 5. The number of nitrogens with zero attached hydrogens (tertiary/aromatic N) is 2. The molecule has 1 aliphatic rings. The maximum atomic E-state index is 6.36. The molecule has 182 valence electrons. The highest BCUT2D eigenvalue weighted by atomic mass is 35.5. The summed E-state index contributed by atoms with van der Waals surface area (Å²) in [6.45, 7) is 9.65. The summed E-state index contributed by atoms with van der Waals surface area (Å²) in [5.41, 5.74) is 3.51. The van der Waals surface area contributed by atoms with E-state index >= 15 is 0 Å². The summed E-state index contributed by atoms with van der Waals surface area (Å²) in [7, 11) is 2.90. The topological polar surface area (TPSA) is 59.6 Å². The van der Waals surface area contributed by atoms with Crippen molar-refractivity contribution in [1.29, 1.82) is 0 Å². The molecular formula is C26H34ClN3O3Si. The van der Waals surface area contributed by atoms with Gasteiger partial charge in [-0.25, -0.2) is 4.98 Å². The normalized spacial score (nSPS) is 13.6. The second kappa shape index (κ2) is 10.6. The van der Waals surface area contributed by atoms with E-state index in [0.717, 1.165) is 59.0 Å². The number of H-pyrrole nitrogens is 1. The van der Waals surface area contributed by atoms with Crippen LogP contribution in [0.4, 0.5) is 0 Å². The number of hydrogen-bond donors (Lipinski definition) is 1. The summed E-state index contributed by atoms with van der Waals surface area (Å²) in [5, 5.41) is 0.642. The lowest BCUT2D eigenvalue weighted by molar-refractivity contribution is -0.0231. The van der Waals surface area contributed by atoms with Gasteiger partial charge in [0.15, 0.2) is 0 Å². The Morgan fingerprint density at radius 3 is 2.59 bits per heavy atom. The van der Waals surface area contributed by atoms with E-state index in [0.29, 0.717) is 18.2 Å². The number of nitrogens with one attached hydrogen (secondary N) is 1. The monoisotopic (exact) mass is 499 g/mol. The molecule has 0 aliphatic carbocycles. The molecule has 1 N–H and O–H groups in total. The fraction of sp³-hybridized carbons (Fsp3) is 0.423. The van der Waals surface area contributed by atoms with Gasteiger partial charge in [0.25, 0.3) is 0 Å². The Hall–Kier alpha value is -2.16. The van der Waals surface area contributed by atoms with E-state index in [1.807, 2.05) is 56.6 Å². The van der Waals surface area contributed by atoms with Gasteiger partial charge < -0.3 is 24.1 Å². The fourth-order valence-electron chi connectivity index (χ4n) is 3.74. The molecule has 2 aromatic carbocycles. The molecule has 0 spiro atoms. The van der Waals surface area contributed by atoms with Crippen molar-refractivity contribution in [2.75, 3.05) is 40.5 Å². The molecule has 1 aromatic heterocycles. The van der Waals surface area contributed by atoms with Gasteiger partial charge in [-0.3, -0.25) is 0 Å². The first kappa shape index (κ1) is 24.9. The third-order valence-corrected chi connectivity index (χ3v) is 7.66. The highest BCUT2D eigenvalue weighted by molar-refractivity contribution is 6.76. The standard InChI is InChI=1S/C26H34ClN3O3Si/c1-30(2)12-13-32-23(17-31-14-15-34(3,4)5)26-28-24-19-8-6-7-9-21(19)33-22-11-10-18(27)16-20(22)25(24)29-26/h6-11,16,23H,12-15,17H2,1-5H3,(H,28,29). The van der Waals surface area contributed by atoms with Gasteiger partial charge in [0.2, 0.25) is 0 Å². The lowest BCUT2D eigenvalue weighted by Gasteiger charge is -2.20. The number of fused-ring (bicyclic) bond motifs is 5. The van der Waals surface area contributed by atoms with Gasteiger partial charge in [-0.15, -0.1) is 0 Å². The smallest absolute Gasteiger partial charge is 0.138 e. The highest BCUT2D eigenvalue weighted by Crippen LogP contribution is 2.46. The molecule has 0 saturated carbocycles. The molecule has 0 bridgehead atoms. The SMILES string of the molecule is CN(C)CCOC(COCC[Si](C)(C)C)c1nc2c([nH]1)-c1cc(Cl)ccc1Oc1ccccc1-2. The van der Waals surface area contributed by atoms with Crippen LogP contribution in [-0.4, -0.2) is 63.4 Å². The minimum absolute atomic E-state index is 0.302. The van der Waals surface area contributed by atoms with Crippen LogP contribution in [-0.2, 0) is 9.47 Å². The lowest BCUT2D eigenvalue weighted by atomic mass is 10.1. The van der Waals surface area contributed by atoms with Crippen LogP contribution in [0, 0.1) is 0 Å². The number of para-hydroxylation sites is 1. The summed E-state index contributed by atoms with van der Waals surface area (Å²) in [4.78, 5) is 10.7. The largest absolute Gasteiger partial charge is 0.456 e. The minimum atomic E-state index is -1.17. The van der Waals surface area contributed by atoms with Gasteiger partial charge in [-0.2, -0.15) is 0 Å². The number of imidazole rings is 1. The quantitative estimate of drug-likeness (QED) is 0.200. The summed E-state index contributed by atoms with van der Waals surface area (Å²) in [6.07, 6.45) is -0.302. The van der Waals surface area contributed by atoms with Crippen LogP contribution in [0.15, 0.2) is 42.5 Å². The van der Waals surface area contributed by atoms with Crippen LogP contribution in [0.5, 0.6) is 11.5 Å². The number of benzene rings is 2. The van der Waals surface area contributed by atoms with Gasteiger partial charge in [-0.1, -0.05) is 43.4 Å². The first-order valence-electron chi connectivity index (χ1n) is 11.7. The molecular weight excluding hydrogens is 466 g/mol. The molecule has 0 radical (unpaired) electrons. The van der Waals surface area contributed by atoms with Gasteiger partial charge in [0, 0.05) is 37.4 Å². The van der Waals surface area contributed by atoms with Gasteiger partial charge in [0.1, 0.15) is 29.1 Å². The Bertz CT molecular complexity index is 1130. The third-order valence-electron chi connectivity index (χ3n) is 5.72. The fourth-order valence-corrected chi connectivity index (χ4v) is 4.67. The first-order valence-corrected chi connectivity index (χ1v) is 15.8. The van der Waals surface area contributed by atoms with E-state index in [2.05, 4.69) is 29.5 Å². The van der Waals surface area contributed by atoms with Crippen molar-refractivity contribution in [2.24, 2.45) is 0 Å². The molecule has 0 saturated heterocycles. The second-order valence-corrected chi connectivity index (χ2v) is 16.2. The summed E-state index contributed by atoms with van der Waals surface area (Å²) in [5.74, 6) is 2.25. The van der Waals surface area contributed by atoms with E-state index in [1.165, 1.54) is 0 Å². The van der Waals surface area contributed by atoms with E-state index in [4.69, 9.17) is 30.8 Å². The zero-order chi connectivity index (χ0) is 24.3. The number of aromatic amines is 1. The van der Waals surface area contributed by atoms with Crippen molar-refractivity contribution in [3.63, 3.8) is 0 Å². The maximum Gasteiger partial charge on any atom is 0.138 e. The Morgan fingerprint density at radius 2 is 1.82 bits per heavy atom. The summed E-state index contributed by atoms with van der Waals surface area (Å²) >= 11 is 6.36. The molecule has 3 aromatic rings. The number of likely N-dealkylation sites (N-methyl/N-ethyl adjacent to an activating group) is 1. The summed E-state index contributed by atoms with van der Waals surface area (Å²) < 4.78 is 18.6. The molecule has 8 heteroatoms. The van der Waals surface area contributed by atoms with Crippen molar-refractivity contribution in [1.82, 2.24) is 14.9 Å². The van der Waals surface area contributed by atoms with Gasteiger partial charge in [-0.05, 0) is 50.5 Å². The van der Waals surface area contributed by atoms with Crippen LogP contribution >= 0.6 is 11.6 Å². The van der Waals surface area contributed by atoms with Gasteiger partial charge in [0.05, 0.1) is 18.9 Å². The zero-order valence-electron chi connectivity index (χ0n) is 20.7. The predicted octanol–water partition coefficient (Wildman–Crippen LogP) is 6.48. The van der Waals surface area contributed by atoms with Crippen molar-refractivity contribution in [3.8, 4) is 34.0 Å². The zero-order valence-corrected chi connectivity index (χ0v) is 22.4. The highest BCUT2D eigenvalue weighted by Gasteiger charge is 2.27. The number of halogens is 1. The van der Waals surface area contributed by atoms with Crippen molar-refractivity contribution < 1.29 is 14.2 Å². The Balaban J connectivity index is 1.68. The predicted molar refractivity (Wildman–Crippen MR) is 141 cm³/mol. The van der Waals surface area contributed by atoms with E-state index in [9.17, 15) is 0 Å². The lowest BCUT2D eigenvalue weighted by Crippen LogP contribution is -2.24. The second-order valence-electron chi connectivity index (χ2n) is 10.1. The molecule has 1 unspecified atom stereocenters. The maximum absolute atomic E-state index is 6.36. The Kier molecular flexibility index (Phi) is 7.79. The molecule has 2 heterocycles. The molecule has 0 fully saturated rings. The number of aromatic nitrogens is 2. The molecule has 0 amide bonds. The Labute approximate surface area is 208 Å².